The highest BCUT2D eigenvalue weighted by molar-refractivity contribution is 5.91. The number of aliphatic hydroxyl groups is 1. The van der Waals surface area contributed by atoms with E-state index < -0.39 is 11.0 Å². The average Bonchev–Trinajstić information content (AvgIpc) is 2.45. The molecule has 1 N–H and O–H groups in total. The van der Waals surface area contributed by atoms with E-state index in [9.17, 15) is 20.0 Å². The van der Waals surface area contributed by atoms with Crippen molar-refractivity contribution in [2.45, 2.75) is 18.9 Å². The van der Waals surface area contributed by atoms with Gasteiger partial charge in [-0.1, -0.05) is 12.1 Å². The van der Waals surface area contributed by atoms with Gasteiger partial charge in [-0.2, -0.15) is 0 Å². The number of amides is 1. The molecule has 0 aliphatic carbocycles. The Hall–Kier alpha value is -2.21. The Balaban J connectivity index is 2.03. The maximum absolute atomic E-state index is 11.9. The number of nitro groups is 1. The van der Waals surface area contributed by atoms with Crippen molar-refractivity contribution in [1.29, 1.82) is 0 Å². The van der Waals surface area contributed by atoms with Crippen LogP contribution in [0.1, 0.15) is 18.4 Å². The monoisotopic (exact) mass is 276 g/mol. The van der Waals surface area contributed by atoms with Crippen LogP contribution >= 0.6 is 0 Å². The molecule has 0 spiro atoms. The number of carbonyl (C=O) groups is 1. The number of nitrogens with zero attached hydrogens (tertiary/aromatic N) is 2. The molecule has 1 fully saturated rings. The van der Waals surface area contributed by atoms with Crippen LogP contribution in [0.3, 0.4) is 0 Å². The van der Waals surface area contributed by atoms with E-state index in [-0.39, 0.29) is 11.6 Å². The van der Waals surface area contributed by atoms with Gasteiger partial charge in [0.15, 0.2) is 0 Å². The first-order valence-corrected chi connectivity index (χ1v) is 6.46. The van der Waals surface area contributed by atoms with E-state index in [4.69, 9.17) is 0 Å². The number of aliphatic hydroxyl groups excluding tert-OH is 1. The normalized spacial score (nSPS) is 19.2. The number of piperidine rings is 1. The minimum Gasteiger partial charge on any atom is -0.391 e. The van der Waals surface area contributed by atoms with Crippen molar-refractivity contribution in [3.8, 4) is 0 Å². The summed E-state index contributed by atoms with van der Waals surface area (Å²) in [5, 5.41) is 20.2. The van der Waals surface area contributed by atoms with Crippen LogP contribution in [0.5, 0.6) is 0 Å². The van der Waals surface area contributed by atoms with Crippen LogP contribution in [-0.4, -0.2) is 40.0 Å². The van der Waals surface area contributed by atoms with Crippen LogP contribution in [0.4, 0.5) is 5.69 Å². The zero-order valence-electron chi connectivity index (χ0n) is 10.9. The molecule has 20 heavy (non-hydrogen) atoms. The number of likely N-dealkylation sites (tertiary alicyclic amines) is 1. The summed E-state index contributed by atoms with van der Waals surface area (Å²) < 4.78 is 0. The topological polar surface area (TPSA) is 83.7 Å². The largest absolute Gasteiger partial charge is 0.391 e. The summed E-state index contributed by atoms with van der Waals surface area (Å²) in [7, 11) is 0. The van der Waals surface area contributed by atoms with Gasteiger partial charge in [0, 0.05) is 31.3 Å². The smallest absolute Gasteiger partial charge is 0.270 e. The predicted molar refractivity (Wildman–Crippen MR) is 74.0 cm³/mol. The number of benzene rings is 1. The number of nitro benzene ring substituents is 1. The lowest BCUT2D eigenvalue weighted by Crippen LogP contribution is -2.41. The summed E-state index contributed by atoms with van der Waals surface area (Å²) in [6.45, 7) is 0.979. The van der Waals surface area contributed by atoms with Crippen LogP contribution in [0.2, 0.25) is 0 Å². The minimum atomic E-state index is -0.472. The zero-order chi connectivity index (χ0) is 14.5. The molecule has 1 heterocycles. The Morgan fingerprint density at radius 1 is 1.50 bits per heavy atom. The van der Waals surface area contributed by atoms with Gasteiger partial charge in [0.05, 0.1) is 11.0 Å². The molecule has 0 bridgehead atoms. The Bertz CT molecular complexity index is 542. The van der Waals surface area contributed by atoms with Crippen LogP contribution < -0.4 is 0 Å². The van der Waals surface area contributed by atoms with Crippen molar-refractivity contribution in [3.63, 3.8) is 0 Å². The molecule has 1 atom stereocenters. The summed E-state index contributed by atoms with van der Waals surface area (Å²) in [5.74, 6) is -0.185. The van der Waals surface area contributed by atoms with Crippen molar-refractivity contribution < 1.29 is 14.8 Å². The molecule has 2 rings (SSSR count). The van der Waals surface area contributed by atoms with E-state index in [0.29, 0.717) is 18.7 Å². The summed E-state index contributed by atoms with van der Waals surface area (Å²) in [6.07, 6.45) is 3.99. The van der Waals surface area contributed by atoms with Crippen molar-refractivity contribution in [2.24, 2.45) is 0 Å². The molecule has 6 heteroatoms. The third-order valence-electron chi connectivity index (χ3n) is 3.21. The Morgan fingerprint density at radius 3 is 3.00 bits per heavy atom. The van der Waals surface area contributed by atoms with Crippen LogP contribution in [-0.2, 0) is 4.79 Å². The fraction of sp³-hybridized carbons (Fsp3) is 0.357. The lowest BCUT2D eigenvalue weighted by Gasteiger charge is -2.29. The first-order valence-electron chi connectivity index (χ1n) is 6.46. The van der Waals surface area contributed by atoms with E-state index in [0.717, 1.165) is 12.8 Å². The van der Waals surface area contributed by atoms with Crippen LogP contribution in [0.15, 0.2) is 30.3 Å². The number of β-amino-alcohol motifs (C(OH)–C–C–N with tert-alkyl or cyclic N) is 1. The SMILES string of the molecule is O=C(/C=C/c1cccc([N+](=O)[O-])c1)N1CCC[C@@H](O)C1. The first-order chi connectivity index (χ1) is 9.56. The second-order valence-corrected chi connectivity index (χ2v) is 4.77. The van der Waals surface area contributed by atoms with Gasteiger partial charge in [0.1, 0.15) is 0 Å². The van der Waals surface area contributed by atoms with Gasteiger partial charge in [-0.3, -0.25) is 14.9 Å². The number of hydrogen-bond donors (Lipinski definition) is 1. The summed E-state index contributed by atoms with van der Waals surface area (Å²) in [6, 6.07) is 6.09. The van der Waals surface area contributed by atoms with E-state index in [2.05, 4.69) is 0 Å². The molecule has 6 nitrogen and oxygen atoms in total. The Labute approximate surface area is 116 Å². The average molecular weight is 276 g/mol. The van der Waals surface area contributed by atoms with Crippen molar-refractivity contribution >= 4 is 17.7 Å². The van der Waals surface area contributed by atoms with Gasteiger partial charge in [0.25, 0.3) is 5.69 Å². The van der Waals surface area contributed by atoms with Crippen molar-refractivity contribution in [3.05, 3.63) is 46.0 Å². The van der Waals surface area contributed by atoms with E-state index in [1.807, 2.05) is 0 Å². The highest BCUT2D eigenvalue weighted by Crippen LogP contribution is 2.15. The zero-order valence-corrected chi connectivity index (χ0v) is 10.9. The third-order valence-corrected chi connectivity index (χ3v) is 3.21. The Kier molecular flexibility index (Phi) is 4.47. The predicted octanol–water partition coefficient (Wildman–Crippen LogP) is 1.59. The van der Waals surface area contributed by atoms with Crippen molar-refractivity contribution in [1.82, 2.24) is 4.90 Å². The molecular weight excluding hydrogens is 260 g/mol. The van der Waals surface area contributed by atoms with E-state index in [1.54, 1.807) is 23.1 Å². The van der Waals surface area contributed by atoms with E-state index >= 15 is 0 Å². The molecule has 1 amide bonds. The number of hydrogen-bond acceptors (Lipinski definition) is 4. The molecule has 1 aromatic rings. The standard InChI is InChI=1S/C14H16N2O4/c17-13-5-2-8-15(10-13)14(18)7-6-11-3-1-4-12(9-11)16(19)20/h1,3-4,6-7,9,13,17H,2,5,8,10H2/b7-6+/t13-/m1/s1. The molecule has 0 aromatic heterocycles. The molecule has 0 radical (unpaired) electrons. The quantitative estimate of drug-likeness (QED) is 0.516. The van der Waals surface area contributed by atoms with Gasteiger partial charge in [0.2, 0.25) is 5.91 Å². The second kappa shape index (κ2) is 6.29. The maximum atomic E-state index is 11.9. The lowest BCUT2D eigenvalue weighted by molar-refractivity contribution is -0.384. The Morgan fingerprint density at radius 2 is 2.30 bits per heavy atom. The van der Waals surface area contributed by atoms with E-state index in [1.165, 1.54) is 18.2 Å². The van der Waals surface area contributed by atoms with Gasteiger partial charge >= 0.3 is 0 Å². The van der Waals surface area contributed by atoms with Gasteiger partial charge < -0.3 is 10.0 Å². The molecule has 1 aliphatic heterocycles. The van der Waals surface area contributed by atoms with Crippen LogP contribution in [0, 0.1) is 10.1 Å². The number of carbonyl (C=O) groups excluding carboxylic acids is 1. The van der Waals surface area contributed by atoms with Gasteiger partial charge in [-0.15, -0.1) is 0 Å². The van der Waals surface area contributed by atoms with Crippen molar-refractivity contribution in [2.75, 3.05) is 13.1 Å². The lowest BCUT2D eigenvalue weighted by atomic mass is 10.1. The summed E-state index contributed by atoms with van der Waals surface area (Å²) in [4.78, 5) is 23.7. The number of rotatable bonds is 3. The van der Waals surface area contributed by atoms with Gasteiger partial charge in [-0.05, 0) is 24.5 Å². The first kappa shape index (κ1) is 14.2. The summed E-state index contributed by atoms with van der Waals surface area (Å²) >= 11 is 0. The number of non-ortho nitro benzene ring substituents is 1. The van der Waals surface area contributed by atoms with Crippen LogP contribution in [0.25, 0.3) is 6.08 Å². The molecule has 0 saturated carbocycles. The molecule has 1 saturated heterocycles. The minimum absolute atomic E-state index is 0.00649. The fourth-order valence-corrected chi connectivity index (χ4v) is 2.17. The molecule has 1 aliphatic rings. The molecular formula is C14H16N2O4. The van der Waals surface area contributed by atoms with Gasteiger partial charge in [-0.25, -0.2) is 0 Å². The maximum Gasteiger partial charge on any atom is 0.270 e. The highest BCUT2D eigenvalue weighted by atomic mass is 16.6. The highest BCUT2D eigenvalue weighted by Gasteiger charge is 2.20. The molecule has 0 unspecified atom stereocenters. The third kappa shape index (κ3) is 3.64. The molecule has 106 valence electrons. The molecule has 1 aromatic carbocycles. The fourth-order valence-electron chi connectivity index (χ4n) is 2.17. The second-order valence-electron chi connectivity index (χ2n) is 4.77. The summed E-state index contributed by atoms with van der Waals surface area (Å²) in [5.41, 5.74) is 0.595.